The van der Waals surface area contributed by atoms with E-state index in [2.05, 4.69) is 0 Å². The molecule has 0 unspecified atom stereocenters. The summed E-state index contributed by atoms with van der Waals surface area (Å²) in [7, 11) is -0.464. The maximum atomic E-state index is 11.9. The molecule has 0 saturated heterocycles. The number of hydrogen-bond donors (Lipinski definition) is 0. The van der Waals surface area contributed by atoms with Crippen LogP contribution >= 0.6 is 31.0 Å². The molecule has 0 aliphatic heterocycles. The molecule has 0 N–H and O–H groups in total. The van der Waals surface area contributed by atoms with Gasteiger partial charge in [-0.1, -0.05) is 30.0 Å². The molecular weight excluding hydrogens is 279 g/mol. The van der Waals surface area contributed by atoms with Crippen LogP contribution in [-0.4, -0.2) is 20.1 Å². The molecule has 94 valence electrons. The van der Waals surface area contributed by atoms with E-state index in [0.717, 1.165) is 9.80 Å². The van der Waals surface area contributed by atoms with Gasteiger partial charge < -0.3 is 9.05 Å². The van der Waals surface area contributed by atoms with E-state index >= 15 is 0 Å². The summed E-state index contributed by atoms with van der Waals surface area (Å²) in [6.07, 6.45) is 0. The van der Waals surface area contributed by atoms with E-state index < -0.39 is 7.60 Å². The summed E-state index contributed by atoms with van der Waals surface area (Å²) in [5, 5.41) is 0. The first-order valence-corrected chi connectivity index (χ1v) is 7.81. The van der Waals surface area contributed by atoms with Gasteiger partial charge in [0.1, 0.15) is 0 Å². The van der Waals surface area contributed by atoms with Gasteiger partial charge in [-0.15, -0.1) is 11.6 Å². The van der Waals surface area contributed by atoms with E-state index in [1.165, 1.54) is 31.8 Å². The highest BCUT2D eigenvalue weighted by Crippen LogP contribution is 2.50. The largest absolute Gasteiger partial charge is 0.354 e. The van der Waals surface area contributed by atoms with E-state index in [0.29, 0.717) is 0 Å². The second kappa shape index (κ2) is 7.24. The molecule has 1 aromatic rings. The number of allylic oxidation sites excluding steroid dienone is 1. The van der Waals surface area contributed by atoms with Crippen molar-refractivity contribution < 1.29 is 13.6 Å². The summed E-state index contributed by atoms with van der Waals surface area (Å²) >= 11 is 7.26. The second-order valence-corrected chi connectivity index (χ2v) is 6.58. The quantitative estimate of drug-likeness (QED) is 0.444. The van der Waals surface area contributed by atoms with E-state index in [-0.39, 0.29) is 5.88 Å². The maximum absolute atomic E-state index is 11.9. The Labute approximate surface area is 111 Å². The van der Waals surface area contributed by atoms with Gasteiger partial charge in [-0.25, -0.2) is 0 Å². The minimum Gasteiger partial charge on any atom is -0.309 e. The normalized spacial score (nSPS) is 12.8. The highest BCUT2D eigenvalue weighted by atomic mass is 35.5. The number of alkyl halides is 1. The first-order valence-electron chi connectivity index (χ1n) is 4.85. The van der Waals surface area contributed by atoms with Gasteiger partial charge in [-0.2, -0.15) is 0 Å². The average Bonchev–Trinajstić information content (AvgIpc) is 2.39. The van der Waals surface area contributed by atoms with Crippen molar-refractivity contribution in [1.29, 1.82) is 0 Å². The van der Waals surface area contributed by atoms with Crippen LogP contribution in [0, 0.1) is 0 Å². The topological polar surface area (TPSA) is 35.5 Å². The summed E-state index contributed by atoms with van der Waals surface area (Å²) < 4.78 is 21.6. The SMILES string of the molecule is COP(=O)(/C=C(\CCl)Sc1ccccc1)OC. The molecule has 6 heteroatoms. The molecule has 0 atom stereocenters. The van der Waals surface area contributed by atoms with Crippen LogP contribution in [0.25, 0.3) is 0 Å². The van der Waals surface area contributed by atoms with Crippen molar-refractivity contribution in [3.8, 4) is 0 Å². The van der Waals surface area contributed by atoms with Gasteiger partial charge in [0.05, 0.1) is 5.88 Å². The van der Waals surface area contributed by atoms with Crippen molar-refractivity contribution in [2.45, 2.75) is 4.90 Å². The lowest BCUT2D eigenvalue weighted by atomic mass is 10.4. The fourth-order valence-electron chi connectivity index (χ4n) is 1.08. The highest BCUT2D eigenvalue weighted by Gasteiger charge is 2.18. The molecule has 17 heavy (non-hydrogen) atoms. The highest BCUT2D eigenvalue weighted by molar-refractivity contribution is 8.03. The van der Waals surface area contributed by atoms with Crippen LogP contribution in [-0.2, 0) is 13.6 Å². The summed E-state index contributed by atoms with van der Waals surface area (Å²) in [5.41, 5.74) is 0. The molecule has 0 spiro atoms. The van der Waals surface area contributed by atoms with Crippen LogP contribution in [0.1, 0.15) is 0 Å². The molecule has 1 aromatic carbocycles. The van der Waals surface area contributed by atoms with Crippen LogP contribution in [0.2, 0.25) is 0 Å². The van der Waals surface area contributed by atoms with Crippen molar-refractivity contribution in [1.82, 2.24) is 0 Å². The lowest BCUT2D eigenvalue weighted by Gasteiger charge is -2.11. The molecular formula is C11H14ClO3PS. The van der Waals surface area contributed by atoms with Gasteiger partial charge in [0.2, 0.25) is 0 Å². The molecule has 3 nitrogen and oxygen atoms in total. The monoisotopic (exact) mass is 292 g/mol. The van der Waals surface area contributed by atoms with Crippen LogP contribution < -0.4 is 0 Å². The van der Waals surface area contributed by atoms with E-state index in [9.17, 15) is 4.57 Å². The van der Waals surface area contributed by atoms with E-state index in [1.54, 1.807) is 0 Å². The zero-order valence-electron chi connectivity index (χ0n) is 9.63. The lowest BCUT2D eigenvalue weighted by molar-refractivity contribution is 0.286. The molecule has 1 rings (SSSR count). The minimum absolute atomic E-state index is 0.260. The number of halogens is 1. The van der Waals surface area contributed by atoms with Gasteiger partial charge in [-0.05, 0) is 12.1 Å². The average molecular weight is 293 g/mol. The Morgan fingerprint density at radius 3 is 2.41 bits per heavy atom. The zero-order valence-corrected chi connectivity index (χ0v) is 12.1. The fraction of sp³-hybridized carbons (Fsp3) is 0.273. The predicted molar refractivity (Wildman–Crippen MR) is 72.7 cm³/mol. The molecule has 0 aliphatic carbocycles. The Bertz CT molecular complexity index is 414. The van der Waals surface area contributed by atoms with Gasteiger partial charge in [0, 0.05) is 29.8 Å². The maximum Gasteiger partial charge on any atom is 0.354 e. The summed E-state index contributed by atoms with van der Waals surface area (Å²) in [4.78, 5) is 1.77. The number of benzene rings is 1. The standard InChI is InChI=1S/C11H14ClO3PS/c1-14-16(13,15-2)9-11(8-12)17-10-6-4-3-5-7-10/h3-7,9H,8H2,1-2H3/b11-9+. The molecule has 0 aromatic heterocycles. The second-order valence-electron chi connectivity index (χ2n) is 3.05. The molecule has 0 radical (unpaired) electrons. The van der Waals surface area contributed by atoms with Crippen LogP contribution in [0.3, 0.4) is 0 Å². The number of thioether (sulfide) groups is 1. The summed E-state index contributed by atoms with van der Waals surface area (Å²) in [5.74, 6) is 1.72. The van der Waals surface area contributed by atoms with E-state index in [4.69, 9.17) is 20.6 Å². The fourth-order valence-corrected chi connectivity index (χ4v) is 3.49. The van der Waals surface area contributed by atoms with Gasteiger partial charge in [-0.3, -0.25) is 4.57 Å². The first kappa shape index (κ1) is 14.8. The van der Waals surface area contributed by atoms with Crippen LogP contribution in [0.4, 0.5) is 0 Å². The van der Waals surface area contributed by atoms with Crippen molar-refractivity contribution in [3.63, 3.8) is 0 Å². The third kappa shape index (κ3) is 4.86. The Balaban J connectivity index is 2.86. The van der Waals surface area contributed by atoms with Crippen molar-refractivity contribution in [2.75, 3.05) is 20.1 Å². The van der Waals surface area contributed by atoms with Gasteiger partial charge in [0.25, 0.3) is 0 Å². The summed E-state index contributed by atoms with van der Waals surface area (Å²) in [6, 6.07) is 9.70. The Hall–Kier alpha value is -0.250. The molecule has 0 aliphatic rings. The summed E-state index contributed by atoms with van der Waals surface area (Å²) in [6.45, 7) is 0. The van der Waals surface area contributed by atoms with Gasteiger partial charge in [0.15, 0.2) is 0 Å². The lowest BCUT2D eigenvalue weighted by Crippen LogP contribution is -1.87. The van der Waals surface area contributed by atoms with Crippen molar-refractivity contribution in [3.05, 3.63) is 41.1 Å². The van der Waals surface area contributed by atoms with Crippen molar-refractivity contribution in [2.24, 2.45) is 0 Å². The smallest absolute Gasteiger partial charge is 0.309 e. The third-order valence-corrected chi connectivity index (χ3v) is 5.23. The molecule has 0 saturated carbocycles. The Morgan fingerprint density at radius 1 is 1.35 bits per heavy atom. The number of rotatable bonds is 6. The predicted octanol–water partition coefficient (Wildman–Crippen LogP) is 4.34. The molecule has 0 fully saturated rings. The molecule has 0 amide bonds. The van der Waals surface area contributed by atoms with Gasteiger partial charge >= 0.3 is 7.60 Å². The van der Waals surface area contributed by atoms with Crippen LogP contribution in [0.15, 0.2) is 45.9 Å². The Kier molecular flexibility index (Phi) is 6.31. The number of hydrogen-bond acceptors (Lipinski definition) is 4. The zero-order chi connectivity index (χ0) is 12.7. The van der Waals surface area contributed by atoms with E-state index in [1.807, 2.05) is 30.3 Å². The van der Waals surface area contributed by atoms with Crippen molar-refractivity contribution >= 4 is 31.0 Å². The Morgan fingerprint density at radius 2 is 1.94 bits per heavy atom. The first-order chi connectivity index (χ1) is 8.13. The molecule has 0 bridgehead atoms. The minimum atomic E-state index is -3.16. The third-order valence-electron chi connectivity index (χ3n) is 1.93. The molecule has 0 heterocycles. The van der Waals surface area contributed by atoms with Crippen LogP contribution in [0.5, 0.6) is 0 Å².